The molecule has 1 aliphatic heterocycles. The van der Waals surface area contributed by atoms with E-state index in [1.54, 1.807) is 0 Å². The molecule has 0 radical (unpaired) electrons. The van der Waals surface area contributed by atoms with E-state index in [1.807, 2.05) is 47.7 Å². The van der Waals surface area contributed by atoms with Crippen molar-refractivity contribution in [1.82, 2.24) is 9.88 Å². The standard InChI is InChI=1S/C51H32N4OS/c1-3-13-31(14-4-1)49-52-50(32-15-5-2-6-16-32)54-51(53-49)39-20-12-24-44-48(39)47-35(19-11-23-43(47)56-44)33-25-28-45-40(29-33)38-27-26-34(30-46(38)57-45)55-41-21-9-7-17-36(41)37-18-8-10-22-42(37)55/h1-30,51H,(H,52,53,54). The molecule has 3 aromatic heterocycles. The van der Waals surface area contributed by atoms with Gasteiger partial charge in [-0.05, 0) is 59.7 Å². The number of amidine groups is 2. The van der Waals surface area contributed by atoms with Crippen molar-refractivity contribution in [2.45, 2.75) is 6.17 Å². The molecule has 6 heteroatoms. The third-order valence-corrected chi connectivity index (χ3v) is 12.4. The fourth-order valence-corrected chi connectivity index (χ4v) is 9.82. The monoisotopic (exact) mass is 748 g/mol. The Balaban J connectivity index is 1.00. The van der Waals surface area contributed by atoms with Crippen LogP contribution in [-0.2, 0) is 0 Å². The number of rotatable bonds is 5. The minimum atomic E-state index is -0.391. The van der Waals surface area contributed by atoms with E-state index in [9.17, 15) is 0 Å². The highest BCUT2D eigenvalue weighted by molar-refractivity contribution is 7.25. The Morgan fingerprint density at radius 1 is 0.509 bits per heavy atom. The number of para-hydroxylation sites is 2. The number of benzene rings is 8. The number of aromatic nitrogens is 1. The highest BCUT2D eigenvalue weighted by atomic mass is 32.1. The summed E-state index contributed by atoms with van der Waals surface area (Å²) in [5, 5.41) is 10.9. The zero-order valence-corrected chi connectivity index (χ0v) is 31.4. The Bertz CT molecular complexity index is 3390. The first-order valence-corrected chi connectivity index (χ1v) is 20.0. The molecule has 8 aromatic carbocycles. The predicted octanol–water partition coefficient (Wildman–Crippen LogP) is 13.2. The number of aliphatic imine (C=N–C) groups is 2. The second-order valence-electron chi connectivity index (χ2n) is 14.6. The fourth-order valence-electron chi connectivity index (χ4n) is 8.70. The van der Waals surface area contributed by atoms with Crippen molar-refractivity contribution in [2.75, 3.05) is 0 Å². The predicted molar refractivity (Wildman–Crippen MR) is 238 cm³/mol. The molecule has 4 heterocycles. The molecule has 0 amide bonds. The first-order valence-electron chi connectivity index (χ1n) is 19.2. The fraction of sp³-hybridized carbons (Fsp3) is 0.0196. The lowest BCUT2D eigenvalue weighted by Crippen LogP contribution is -2.33. The van der Waals surface area contributed by atoms with E-state index < -0.39 is 6.17 Å². The summed E-state index contributed by atoms with van der Waals surface area (Å²) in [6, 6.07) is 64.3. The first-order chi connectivity index (χ1) is 28.2. The van der Waals surface area contributed by atoms with Crippen molar-refractivity contribution in [1.29, 1.82) is 0 Å². The Hall–Kier alpha value is -7.28. The zero-order valence-electron chi connectivity index (χ0n) is 30.6. The number of fused-ring (bicyclic) bond motifs is 9. The topological polar surface area (TPSA) is 54.8 Å². The normalized spacial score (nSPS) is 14.5. The molecule has 1 unspecified atom stereocenters. The van der Waals surface area contributed by atoms with E-state index in [4.69, 9.17) is 14.4 Å². The zero-order chi connectivity index (χ0) is 37.5. The van der Waals surface area contributed by atoms with Crippen LogP contribution in [-0.4, -0.2) is 16.2 Å². The van der Waals surface area contributed by atoms with Gasteiger partial charge in [-0.15, -0.1) is 11.3 Å². The first kappa shape index (κ1) is 32.0. The van der Waals surface area contributed by atoms with Gasteiger partial charge in [-0.25, -0.2) is 9.98 Å². The van der Waals surface area contributed by atoms with Gasteiger partial charge in [0.25, 0.3) is 0 Å². The van der Waals surface area contributed by atoms with Gasteiger partial charge in [0, 0.05) is 64.1 Å². The van der Waals surface area contributed by atoms with Gasteiger partial charge in [0.15, 0.2) is 5.84 Å². The van der Waals surface area contributed by atoms with Gasteiger partial charge in [0.2, 0.25) is 0 Å². The van der Waals surface area contributed by atoms with Crippen molar-refractivity contribution < 1.29 is 4.42 Å². The van der Waals surface area contributed by atoms with E-state index in [0.29, 0.717) is 5.84 Å². The maximum atomic E-state index is 6.61. The van der Waals surface area contributed by atoms with Crippen molar-refractivity contribution in [3.05, 3.63) is 199 Å². The molecule has 1 aliphatic rings. The summed E-state index contributed by atoms with van der Waals surface area (Å²) >= 11 is 1.85. The van der Waals surface area contributed by atoms with Crippen LogP contribution in [0.1, 0.15) is 22.9 Å². The van der Waals surface area contributed by atoms with Gasteiger partial charge in [-0.2, -0.15) is 0 Å². The molecular formula is C51H32N4OS. The van der Waals surface area contributed by atoms with Gasteiger partial charge in [-0.1, -0.05) is 133 Å². The second kappa shape index (κ2) is 12.6. The van der Waals surface area contributed by atoms with Crippen LogP contribution in [0.2, 0.25) is 0 Å². The van der Waals surface area contributed by atoms with Crippen LogP contribution in [0.3, 0.4) is 0 Å². The lowest BCUT2D eigenvalue weighted by Gasteiger charge is -2.24. The number of hydrogen-bond donors (Lipinski definition) is 1. The van der Waals surface area contributed by atoms with Crippen LogP contribution in [0, 0.1) is 0 Å². The van der Waals surface area contributed by atoms with Crippen molar-refractivity contribution in [2.24, 2.45) is 9.98 Å². The molecular weight excluding hydrogens is 717 g/mol. The summed E-state index contributed by atoms with van der Waals surface area (Å²) in [5.41, 5.74) is 10.6. The highest BCUT2D eigenvalue weighted by Crippen LogP contribution is 2.44. The maximum Gasteiger partial charge on any atom is 0.159 e. The van der Waals surface area contributed by atoms with E-state index in [1.165, 1.54) is 47.7 Å². The van der Waals surface area contributed by atoms with E-state index >= 15 is 0 Å². The van der Waals surface area contributed by atoms with Crippen molar-refractivity contribution in [3.8, 4) is 16.8 Å². The molecule has 1 N–H and O–H groups in total. The van der Waals surface area contributed by atoms with Crippen LogP contribution in [0.4, 0.5) is 0 Å². The summed E-state index contributed by atoms with van der Waals surface area (Å²) in [7, 11) is 0. The van der Waals surface area contributed by atoms with Crippen molar-refractivity contribution >= 4 is 86.9 Å². The van der Waals surface area contributed by atoms with E-state index in [-0.39, 0.29) is 0 Å². The molecule has 12 rings (SSSR count). The third-order valence-electron chi connectivity index (χ3n) is 11.3. The minimum Gasteiger partial charge on any atom is -0.456 e. The molecule has 11 aromatic rings. The van der Waals surface area contributed by atoms with Gasteiger partial charge >= 0.3 is 0 Å². The number of thiophene rings is 1. The van der Waals surface area contributed by atoms with Crippen molar-refractivity contribution in [3.63, 3.8) is 0 Å². The molecule has 0 fully saturated rings. The Morgan fingerprint density at radius 3 is 1.96 bits per heavy atom. The van der Waals surface area contributed by atoms with Crippen LogP contribution in [0.15, 0.2) is 196 Å². The molecule has 57 heavy (non-hydrogen) atoms. The quantitative estimate of drug-likeness (QED) is 0.191. The maximum absolute atomic E-state index is 6.61. The summed E-state index contributed by atoms with van der Waals surface area (Å²) in [6.45, 7) is 0. The number of nitrogens with one attached hydrogen (secondary N) is 1. The van der Waals surface area contributed by atoms with Gasteiger partial charge < -0.3 is 14.3 Å². The average Bonchev–Trinajstić information content (AvgIpc) is 3.96. The average molecular weight is 749 g/mol. The van der Waals surface area contributed by atoms with Crippen LogP contribution in [0.5, 0.6) is 0 Å². The van der Waals surface area contributed by atoms with Gasteiger partial charge in [-0.3, -0.25) is 0 Å². The molecule has 0 spiro atoms. The van der Waals surface area contributed by atoms with Crippen LogP contribution >= 0.6 is 11.3 Å². The second-order valence-corrected chi connectivity index (χ2v) is 15.6. The van der Waals surface area contributed by atoms with Gasteiger partial charge in [0.1, 0.15) is 23.2 Å². The molecule has 0 bridgehead atoms. The molecule has 0 saturated heterocycles. The molecule has 0 aliphatic carbocycles. The van der Waals surface area contributed by atoms with E-state index in [0.717, 1.165) is 55.6 Å². The molecule has 0 saturated carbocycles. The summed E-state index contributed by atoms with van der Waals surface area (Å²) in [6.07, 6.45) is -0.391. The Morgan fingerprint density at radius 2 is 1.19 bits per heavy atom. The molecule has 5 nitrogen and oxygen atoms in total. The van der Waals surface area contributed by atoms with Crippen LogP contribution in [0.25, 0.3) is 80.7 Å². The van der Waals surface area contributed by atoms with Gasteiger partial charge in [0.05, 0.1) is 11.0 Å². The lowest BCUT2D eigenvalue weighted by atomic mass is 9.95. The molecule has 268 valence electrons. The highest BCUT2D eigenvalue weighted by Gasteiger charge is 2.26. The summed E-state index contributed by atoms with van der Waals surface area (Å²) in [5.74, 6) is 1.48. The Labute approximate surface area is 331 Å². The number of furan rings is 1. The largest absolute Gasteiger partial charge is 0.456 e. The lowest BCUT2D eigenvalue weighted by molar-refractivity contribution is 0.662. The smallest absolute Gasteiger partial charge is 0.159 e. The SMILES string of the molecule is c1ccc(C2=NC(c3cccc4oc5cccc(-c6ccc7sc8cc(-n9c%10ccccc%10c%10ccccc%109)ccc8c7c6)c5c34)NC(c3ccccc3)=N2)cc1. The van der Waals surface area contributed by atoms with Crippen LogP contribution < -0.4 is 5.32 Å². The Kier molecular flexibility index (Phi) is 7.09. The molecule has 1 atom stereocenters. The van der Waals surface area contributed by atoms with E-state index in [2.05, 4.69) is 155 Å². The third kappa shape index (κ3) is 5.08. The number of nitrogens with zero attached hydrogens (tertiary/aromatic N) is 3. The number of hydrogen-bond acceptors (Lipinski definition) is 5. The summed E-state index contributed by atoms with van der Waals surface area (Å²) in [4.78, 5) is 10.3. The minimum absolute atomic E-state index is 0.391. The summed E-state index contributed by atoms with van der Waals surface area (Å²) < 4.78 is 11.5.